The summed E-state index contributed by atoms with van der Waals surface area (Å²) in [6.07, 6.45) is 8.53. The Bertz CT molecular complexity index is 396. The highest BCUT2D eigenvalue weighted by Gasteiger charge is 2.25. The summed E-state index contributed by atoms with van der Waals surface area (Å²) in [4.78, 5) is 11.3. The van der Waals surface area contributed by atoms with Gasteiger partial charge in [0.05, 0.1) is 6.10 Å². The Labute approximate surface area is 123 Å². The van der Waals surface area contributed by atoms with Crippen LogP contribution >= 0.6 is 0 Å². The van der Waals surface area contributed by atoms with Crippen LogP contribution in [-0.2, 0) is 4.79 Å². The molecule has 1 aliphatic carbocycles. The molecule has 20 heavy (non-hydrogen) atoms. The van der Waals surface area contributed by atoms with E-state index in [0.29, 0.717) is 0 Å². The fraction of sp³-hybridized carbons (Fsp3) is 0.706. The molecule has 1 rings (SSSR count). The van der Waals surface area contributed by atoms with Crippen LogP contribution < -0.4 is 5.32 Å². The highest BCUT2D eigenvalue weighted by atomic mass is 16.3. The van der Waals surface area contributed by atoms with Gasteiger partial charge in [-0.1, -0.05) is 44.6 Å². The van der Waals surface area contributed by atoms with Gasteiger partial charge < -0.3 is 10.4 Å². The number of aliphatic hydroxyl groups excluding tert-OH is 1. The average Bonchev–Trinajstić information content (AvgIpc) is 2.37. The van der Waals surface area contributed by atoms with E-state index < -0.39 is 6.10 Å². The molecule has 1 amide bonds. The van der Waals surface area contributed by atoms with Crippen molar-refractivity contribution in [1.82, 2.24) is 5.32 Å². The minimum Gasteiger partial charge on any atom is -0.389 e. The van der Waals surface area contributed by atoms with E-state index in [0.717, 1.165) is 19.3 Å². The minimum atomic E-state index is -0.524. The van der Waals surface area contributed by atoms with E-state index in [1.807, 2.05) is 13.0 Å². The Hall–Kier alpha value is -1.09. The molecule has 0 saturated heterocycles. The molecule has 3 nitrogen and oxygen atoms in total. The van der Waals surface area contributed by atoms with Crippen LogP contribution in [0.3, 0.4) is 0 Å². The lowest BCUT2D eigenvalue weighted by Crippen LogP contribution is -2.42. The first kappa shape index (κ1) is 17.0. The summed E-state index contributed by atoms with van der Waals surface area (Å²) >= 11 is 0. The molecule has 0 fully saturated rings. The molecular formula is C17H29NO2. The maximum absolute atomic E-state index is 11.3. The van der Waals surface area contributed by atoms with Crippen molar-refractivity contribution in [3.05, 3.63) is 23.8 Å². The Morgan fingerprint density at radius 2 is 2.10 bits per heavy atom. The van der Waals surface area contributed by atoms with Crippen molar-refractivity contribution in [2.75, 3.05) is 0 Å². The van der Waals surface area contributed by atoms with Gasteiger partial charge in [0, 0.05) is 18.9 Å². The zero-order chi connectivity index (χ0) is 15.3. The van der Waals surface area contributed by atoms with Gasteiger partial charge in [-0.3, -0.25) is 4.79 Å². The van der Waals surface area contributed by atoms with Crippen LogP contribution in [0, 0.1) is 11.3 Å². The second-order valence-corrected chi connectivity index (χ2v) is 6.80. The summed E-state index contributed by atoms with van der Waals surface area (Å²) < 4.78 is 0. The second-order valence-electron chi connectivity index (χ2n) is 6.80. The van der Waals surface area contributed by atoms with Gasteiger partial charge in [-0.05, 0) is 31.6 Å². The number of aliphatic hydroxyl groups is 1. The molecule has 3 heteroatoms. The molecule has 0 saturated carbocycles. The largest absolute Gasteiger partial charge is 0.389 e. The third-order valence-corrected chi connectivity index (χ3v) is 4.13. The average molecular weight is 279 g/mol. The van der Waals surface area contributed by atoms with Gasteiger partial charge in [0.2, 0.25) is 5.91 Å². The zero-order valence-corrected chi connectivity index (χ0v) is 13.4. The summed E-state index contributed by atoms with van der Waals surface area (Å²) in [6.45, 7) is 10.0. The van der Waals surface area contributed by atoms with Crippen molar-refractivity contribution in [1.29, 1.82) is 0 Å². The van der Waals surface area contributed by atoms with Crippen LogP contribution in [0.1, 0.15) is 53.9 Å². The highest BCUT2D eigenvalue weighted by molar-refractivity contribution is 5.73. The number of hydrogen-bond acceptors (Lipinski definition) is 2. The van der Waals surface area contributed by atoms with Crippen molar-refractivity contribution in [2.24, 2.45) is 11.3 Å². The molecule has 0 aromatic carbocycles. The molecule has 0 radical (unpaired) electrons. The number of rotatable bonds is 1. The normalized spacial score (nSPS) is 35.3. The SMILES string of the molecule is CC(=O)N[C@@H]1CC/C(C)=C/CC(C)(C)/C=C/[C@H](O)[C@@H]1C. The van der Waals surface area contributed by atoms with Crippen LogP contribution in [0.5, 0.6) is 0 Å². The van der Waals surface area contributed by atoms with E-state index >= 15 is 0 Å². The number of allylic oxidation sites excluding steroid dienone is 3. The number of hydrogen-bond donors (Lipinski definition) is 2. The smallest absolute Gasteiger partial charge is 0.217 e. The lowest BCUT2D eigenvalue weighted by atomic mass is 9.87. The molecule has 0 heterocycles. The van der Waals surface area contributed by atoms with E-state index in [4.69, 9.17) is 0 Å². The lowest BCUT2D eigenvalue weighted by Gasteiger charge is -2.27. The maximum atomic E-state index is 11.3. The molecule has 0 aliphatic heterocycles. The van der Waals surface area contributed by atoms with Crippen molar-refractivity contribution in [3.63, 3.8) is 0 Å². The summed E-state index contributed by atoms with van der Waals surface area (Å²) in [6, 6.07) is 0.0108. The first-order chi connectivity index (χ1) is 9.21. The molecule has 114 valence electrons. The van der Waals surface area contributed by atoms with Crippen LogP contribution in [-0.4, -0.2) is 23.2 Å². The number of amides is 1. The number of nitrogens with one attached hydrogen (secondary N) is 1. The van der Waals surface area contributed by atoms with E-state index in [-0.39, 0.29) is 23.3 Å². The molecule has 2 N–H and O–H groups in total. The Morgan fingerprint density at radius 1 is 1.45 bits per heavy atom. The van der Waals surface area contributed by atoms with Crippen LogP contribution in [0.15, 0.2) is 23.8 Å². The number of carbonyl (C=O) groups is 1. The topological polar surface area (TPSA) is 49.3 Å². The maximum Gasteiger partial charge on any atom is 0.217 e. The molecule has 0 bridgehead atoms. The standard InChI is InChI=1S/C17H29NO2/c1-12-6-7-15(18-14(3)19)13(2)16(20)9-11-17(4,5)10-8-12/h8-9,11,13,15-16,20H,6-7,10H2,1-5H3,(H,18,19)/b11-9+,12-8+/t13-,15-,16+/m1/s1. The quantitative estimate of drug-likeness (QED) is 0.724. The number of carbonyl (C=O) groups excluding carboxylic acids is 1. The monoisotopic (exact) mass is 279 g/mol. The van der Waals surface area contributed by atoms with Crippen molar-refractivity contribution in [2.45, 2.75) is 66.0 Å². The molecule has 0 unspecified atom stereocenters. The van der Waals surface area contributed by atoms with Gasteiger partial charge in [-0.15, -0.1) is 0 Å². The third-order valence-electron chi connectivity index (χ3n) is 4.13. The first-order valence-electron chi connectivity index (χ1n) is 7.51. The van der Waals surface area contributed by atoms with Crippen molar-refractivity contribution >= 4 is 5.91 Å². The van der Waals surface area contributed by atoms with Crippen LogP contribution in [0.4, 0.5) is 0 Å². The summed E-state index contributed by atoms with van der Waals surface area (Å²) in [5, 5.41) is 13.3. The summed E-state index contributed by atoms with van der Waals surface area (Å²) in [7, 11) is 0. The van der Waals surface area contributed by atoms with E-state index in [9.17, 15) is 9.90 Å². The van der Waals surface area contributed by atoms with Crippen molar-refractivity contribution < 1.29 is 9.90 Å². The molecule has 3 atom stereocenters. The third kappa shape index (κ3) is 5.49. The molecule has 0 aromatic heterocycles. The second kappa shape index (κ2) is 7.07. The van der Waals surface area contributed by atoms with Crippen molar-refractivity contribution in [3.8, 4) is 0 Å². The summed E-state index contributed by atoms with van der Waals surface area (Å²) in [5.74, 6) is -0.0216. The van der Waals surface area contributed by atoms with E-state index in [1.54, 1.807) is 0 Å². The Kier molecular flexibility index (Phi) is 6.00. The predicted molar refractivity (Wildman–Crippen MR) is 83.3 cm³/mol. The zero-order valence-electron chi connectivity index (χ0n) is 13.4. The van der Waals surface area contributed by atoms with Gasteiger partial charge in [-0.25, -0.2) is 0 Å². The van der Waals surface area contributed by atoms with Gasteiger partial charge in [0.25, 0.3) is 0 Å². The molecule has 0 aromatic rings. The summed E-state index contributed by atoms with van der Waals surface area (Å²) in [5.41, 5.74) is 1.40. The molecular weight excluding hydrogens is 250 g/mol. The molecule has 1 aliphatic rings. The fourth-order valence-corrected chi connectivity index (χ4v) is 2.49. The van der Waals surface area contributed by atoms with E-state index in [1.165, 1.54) is 12.5 Å². The van der Waals surface area contributed by atoms with Crippen LogP contribution in [0.25, 0.3) is 0 Å². The van der Waals surface area contributed by atoms with Gasteiger partial charge in [0.1, 0.15) is 0 Å². The minimum absolute atomic E-state index is 0.0108. The molecule has 0 spiro atoms. The van der Waals surface area contributed by atoms with Gasteiger partial charge >= 0.3 is 0 Å². The van der Waals surface area contributed by atoms with Crippen LogP contribution in [0.2, 0.25) is 0 Å². The van der Waals surface area contributed by atoms with Gasteiger partial charge in [-0.2, -0.15) is 0 Å². The Morgan fingerprint density at radius 3 is 2.70 bits per heavy atom. The van der Waals surface area contributed by atoms with E-state index in [2.05, 4.69) is 38.2 Å². The lowest BCUT2D eigenvalue weighted by molar-refractivity contribution is -0.120. The predicted octanol–water partition coefficient (Wildman–Crippen LogP) is 3.20. The first-order valence-corrected chi connectivity index (χ1v) is 7.51. The fourth-order valence-electron chi connectivity index (χ4n) is 2.49. The van der Waals surface area contributed by atoms with Gasteiger partial charge in [0.15, 0.2) is 0 Å². The highest BCUT2D eigenvalue weighted by Crippen LogP contribution is 2.27. The Balaban J connectivity index is 2.96.